The lowest BCUT2D eigenvalue weighted by molar-refractivity contribution is -0.384. The van der Waals surface area contributed by atoms with Gasteiger partial charge in [0.15, 0.2) is 0 Å². The van der Waals surface area contributed by atoms with E-state index in [1.807, 2.05) is 0 Å². The number of nitro groups is 1. The van der Waals surface area contributed by atoms with E-state index in [9.17, 15) is 14.9 Å². The van der Waals surface area contributed by atoms with Crippen LogP contribution in [-0.4, -0.2) is 29.4 Å². The van der Waals surface area contributed by atoms with Crippen molar-refractivity contribution < 1.29 is 9.72 Å². The molecule has 7 heteroatoms. The second kappa shape index (κ2) is 5.06. The number of aromatic nitrogens is 1. The van der Waals surface area contributed by atoms with Crippen LogP contribution in [0.1, 0.15) is 5.56 Å². The number of hydrogen-bond acceptors (Lipinski definition) is 5. The predicted molar refractivity (Wildman–Crippen MR) is 58.2 cm³/mol. The normalized spacial score (nSPS) is 9.62. The molecule has 1 aromatic heterocycles. The van der Waals surface area contributed by atoms with E-state index in [1.165, 1.54) is 13.2 Å². The van der Waals surface area contributed by atoms with Crippen molar-refractivity contribution in [2.45, 2.75) is 6.92 Å². The highest BCUT2D eigenvalue weighted by Crippen LogP contribution is 2.24. The summed E-state index contributed by atoms with van der Waals surface area (Å²) in [5.74, 6) is -0.161. The van der Waals surface area contributed by atoms with Gasteiger partial charge < -0.3 is 10.6 Å². The summed E-state index contributed by atoms with van der Waals surface area (Å²) in [4.78, 5) is 25.1. The number of pyridine rings is 1. The first-order chi connectivity index (χ1) is 7.56. The summed E-state index contributed by atoms with van der Waals surface area (Å²) >= 11 is 0. The highest BCUT2D eigenvalue weighted by atomic mass is 16.6. The van der Waals surface area contributed by atoms with Gasteiger partial charge in [-0.2, -0.15) is 0 Å². The molecular formula is C9H12N4O3. The zero-order valence-corrected chi connectivity index (χ0v) is 8.98. The molecule has 0 atom stereocenters. The lowest BCUT2D eigenvalue weighted by Crippen LogP contribution is -2.26. The van der Waals surface area contributed by atoms with Gasteiger partial charge in [-0.05, 0) is 13.0 Å². The molecule has 1 rings (SSSR count). The smallest absolute Gasteiger partial charge is 0.314 e. The number of nitrogens with one attached hydrogen (secondary N) is 2. The second-order valence-corrected chi connectivity index (χ2v) is 3.11. The Kier molecular flexibility index (Phi) is 3.76. The Labute approximate surface area is 92.0 Å². The Morgan fingerprint density at radius 1 is 1.62 bits per heavy atom. The molecule has 0 unspecified atom stereocenters. The highest BCUT2D eigenvalue weighted by Gasteiger charge is 2.18. The van der Waals surface area contributed by atoms with E-state index < -0.39 is 4.92 Å². The largest absolute Gasteiger partial charge is 0.358 e. The van der Waals surface area contributed by atoms with E-state index in [0.717, 1.165) is 0 Å². The zero-order valence-electron chi connectivity index (χ0n) is 8.98. The number of nitrogens with zero attached hydrogens (tertiary/aromatic N) is 2. The zero-order chi connectivity index (χ0) is 12.1. The lowest BCUT2D eigenvalue weighted by atomic mass is 10.2. The average molecular weight is 224 g/mol. The molecule has 0 saturated carbocycles. The fourth-order valence-corrected chi connectivity index (χ4v) is 1.16. The molecule has 1 heterocycles. The molecular weight excluding hydrogens is 212 g/mol. The number of amides is 1. The van der Waals surface area contributed by atoms with Gasteiger partial charge >= 0.3 is 5.69 Å². The van der Waals surface area contributed by atoms with Gasteiger partial charge in [-0.25, -0.2) is 4.98 Å². The van der Waals surface area contributed by atoms with Crippen LogP contribution in [0.4, 0.5) is 11.5 Å². The van der Waals surface area contributed by atoms with Crippen molar-refractivity contribution in [3.63, 3.8) is 0 Å². The second-order valence-electron chi connectivity index (χ2n) is 3.11. The maximum absolute atomic E-state index is 11.0. The van der Waals surface area contributed by atoms with Gasteiger partial charge in [0.2, 0.25) is 11.7 Å². The average Bonchev–Trinajstić information content (AvgIpc) is 2.25. The fourth-order valence-electron chi connectivity index (χ4n) is 1.16. The molecule has 16 heavy (non-hydrogen) atoms. The Balaban J connectivity index is 2.91. The van der Waals surface area contributed by atoms with Crippen LogP contribution in [0.3, 0.4) is 0 Å². The van der Waals surface area contributed by atoms with Gasteiger partial charge in [-0.3, -0.25) is 14.9 Å². The quantitative estimate of drug-likeness (QED) is 0.571. The minimum atomic E-state index is -0.519. The molecule has 0 bridgehead atoms. The molecule has 1 amide bonds. The summed E-state index contributed by atoms with van der Waals surface area (Å²) < 4.78 is 0. The third kappa shape index (κ3) is 2.66. The number of carbonyl (C=O) groups is 1. The van der Waals surface area contributed by atoms with Crippen molar-refractivity contribution in [3.05, 3.63) is 27.9 Å². The number of hydrogen-bond donors (Lipinski definition) is 2. The summed E-state index contributed by atoms with van der Waals surface area (Å²) in [5.41, 5.74) is 0.394. The van der Waals surface area contributed by atoms with Crippen LogP contribution >= 0.6 is 0 Å². The van der Waals surface area contributed by atoms with Gasteiger partial charge in [0.1, 0.15) is 0 Å². The molecule has 1 aromatic rings. The molecule has 0 aliphatic carbocycles. The molecule has 0 aromatic carbocycles. The monoisotopic (exact) mass is 224 g/mol. The molecule has 0 saturated heterocycles. The molecule has 0 radical (unpaired) electrons. The minimum Gasteiger partial charge on any atom is -0.358 e. The van der Waals surface area contributed by atoms with Crippen molar-refractivity contribution in [1.82, 2.24) is 10.3 Å². The number of anilines is 1. The first-order valence-corrected chi connectivity index (χ1v) is 4.60. The van der Waals surface area contributed by atoms with E-state index in [2.05, 4.69) is 15.6 Å². The van der Waals surface area contributed by atoms with Crippen molar-refractivity contribution in [2.75, 3.05) is 18.9 Å². The maximum Gasteiger partial charge on any atom is 0.314 e. The summed E-state index contributed by atoms with van der Waals surface area (Å²) in [5, 5.41) is 15.8. The van der Waals surface area contributed by atoms with E-state index in [-0.39, 0.29) is 24.0 Å². The standard InChI is InChI=1S/C9H12N4O3/c1-6-3-4-11-9(8(6)13(15)16)12-5-7(14)10-2/h3-4H,5H2,1-2H3,(H,10,14)(H,11,12). The van der Waals surface area contributed by atoms with Gasteiger partial charge in [0, 0.05) is 18.8 Å². The minimum absolute atomic E-state index is 0.0478. The van der Waals surface area contributed by atoms with E-state index in [1.54, 1.807) is 13.0 Å². The van der Waals surface area contributed by atoms with Crippen LogP contribution in [0.5, 0.6) is 0 Å². The van der Waals surface area contributed by atoms with E-state index in [0.29, 0.717) is 5.56 Å². The Morgan fingerprint density at radius 3 is 2.88 bits per heavy atom. The Bertz CT molecular complexity index is 419. The van der Waals surface area contributed by atoms with Crippen molar-refractivity contribution >= 4 is 17.4 Å². The summed E-state index contributed by atoms with van der Waals surface area (Å²) in [7, 11) is 1.49. The lowest BCUT2D eigenvalue weighted by Gasteiger charge is -2.06. The van der Waals surface area contributed by atoms with Gasteiger partial charge in [-0.1, -0.05) is 0 Å². The molecule has 2 N–H and O–H groups in total. The maximum atomic E-state index is 11.0. The number of rotatable bonds is 4. The van der Waals surface area contributed by atoms with Gasteiger partial charge in [-0.15, -0.1) is 0 Å². The topological polar surface area (TPSA) is 97.2 Å². The summed E-state index contributed by atoms with van der Waals surface area (Å²) in [6.45, 7) is 1.57. The summed E-state index contributed by atoms with van der Waals surface area (Å²) in [6.07, 6.45) is 1.45. The van der Waals surface area contributed by atoms with Gasteiger partial charge in [0.05, 0.1) is 11.5 Å². The summed E-state index contributed by atoms with van der Waals surface area (Å²) in [6, 6.07) is 1.54. The van der Waals surface area contributed by atoms with Crippen LogP contribution < -0.4 is 10.6 Å². The predicted octanol–water partition coefficient (Wildman–Crippen LogP) is 0.456. The van der Waals surface area contributed by atoms with Crippen LogP contribution in [0.25, 0.3) is 0 Å². The van der Waals surface area contributed by atoms with E-state index in [4.69, 9.17) is 0 Å². The van der Waals surface area contributed by atoms with Crippen molar-refractivity contribution in [1.29, 1.82) is 0 Å². The Hall–Kier alpha value is -2.18. The van der Waals surface area contributed by atoms with E-state index >= 15 is 0 Å². The first kappa shape index (κ1) is 11.9. The number of carbonyl (C=O) groups excluding carboxylic acids is 1. The molecule has 0 aliphatic rings. The van der Waals surface area contributed by atoms with Crippen molar-refractivity contribution in [3.8, 4) is 0 Å². The van der Waals surface area contributed by atoms with Gasteiger partial charge in [0.25, 0.3) is 0 Å². The molecule has 0 fully saturated rings. The Morgan fingerprint density at radius 2 is 2.31 bits per heavy atom. The molecule has 86 valence electrons. The molecule has 0 spiro atoms. The van der Waals surface area contributed by atoms with Crippen LogP contribution in [0.15, 0.2) is 12.3 Å². The van der Waals surface area contributed by atoms with Crippen LogP contribution in [0.2, 0.25) is 0 Å². The van der Waals surface area contributed by atoms with Crippen molar-refractivity contribution in [2.24, 2.45) is 0 Å². The SMILES string of the molecule is CNC(=O)CNc1nccc(C)c1[N+](=O)[O-]. The van der Waals surface area contributed by atoms with Crippen LogP contribution in [-0.2, 0) is 4.79 Å². The first-order valence-electron chi connectivity index (χ1n) is 4.60. The third-order valence-corrected chi connectivity index (χ3v) is 2.00. The number of likely N-dealkylation sites (N-methyl/N-ethyl adjacent to an activating group) is 1. The van der Waals surface area contributed by atoms with Crippen LogP contribution in [0, 0.1) is 17.0 Å². The molecule has 0 aliphatic heterocycles. The highest BCUT2D eigenvalue weighted by molar-refractivity contribution is 5.80. The third-order valence-electron chi connectivity index (χ3n) is 2.00. The fraction of sp³-hybridized carbons (Fsp3) is 0.333. The molecule has 7 nitrogen and oxygen atoms in total. The number of aryl methyl sites for hydroxylation is 1.